The highest BCUT2D eigenvalue weighted by atomic mass is 16.4. The number of carboxylic acid groups (broad SMARTS) is 1. The molecule has 1 rings (SSSR count). The predicted molar refractivity (Wildman–Crippen MR) is 59.1 cm³/mol. The van der Waals surface area contributed by atoms with E-state index in [-0.39, 0.29) is 5.92 Å². The lowest BCUT2D eigenvalue weighted by Gasteiger charge is -2.16. The summed E-state index contributed by atoms with van der Waals surface area (Å²) in [6, 6.07) is 0. The van der Waals surface area contributed by atoms with Gasteiger partial charge in [-0.05, 0) is 20.9 Å². The molecule has 0 radical (unpaired) electrons. The molecule has 0 aliphatic heterocycles. The molecular formula is C11H18N2O3. The number of hydrogen-bond acceptors (Lipinski definition) is 4. The van der Waals surface area contributed by atoms with Crippen molar-refractivity contribution in [2.45, 2.75) is 27.3 Å². The molecule has 5 heteroatoms. The van der Waals surface area contributed by atoms with Crippen LogP contribution in [0.4, 0.5) is 0 Å². The Balaban J connectivity index is 2.51. The van der Waals surface area contributed by atoms with Crippen molar-refractivity contribution < 1.29 is 14.3 Å². The Morgan fingerprint density at radius 2 is 2.19 bits per heavy atom. The average Bonchev–Trinajstić information content (AvgIpc) is 2.45. The topological polar surface area (TPSA) is 66.6 Å². The predicted octanol–water partition coefficient (Wildman–Crippen LogP) is 1.44. The van der Waals surface area contributed by atoms with Crippen LogP contribution in [-0.2, 0) is 11.3 Å². The van der Waals surface area contributed by atoms with E-state index in [4.69, 9.17) is 9.52 Å². The number of aliphatic carboxylic acids is 1. The second-order valence-corrected chi connectivity index (χ2v) is 4.19. The van der Waals surface area contributed by atoms with Gasteiger partial charge in [0.1, 0.15) is 5.76 Å². The Labute approximate surface area is 95.1 Å². The molecule has 0 aliphatic carbocycles. The maximum atomic E-state index is 10.7. The molecule has 16 heavy (non-hydrogen) atoms. The molecule has 1 N–H and O–H groups in total. The number of hydrogen-bond donors (Lipinski definition) is 1. The Hall–Kier alpha value is -1.36. The highest BCUT2D eigenvalue weighted by molar-refractivity contribution is 5.69. The number of carboxylic acids is 1. The summed E-state index contributed by atoms with van der Waals surface area (Å²) in [4.78, 5) is 16.8. The van der Waals surface area contributed by atoms with Crippen molar-refractivity contribution in [2.75, 3.05) is 13.6 Å². The molecule has 0 fully saturated rings. The molecule has 1 heterocycles. The summed E-state index contributed by atoms with van der Waals surface area (Å²) >= 11 is 0. The minimum Gasteiger partial charge on any atom is -0.481 e. The number of carbonyl (C=O) groups is 1. The molecule has 90 valence electrons. The summed E-state index contributed by atoms with van der Waals surface area (Å²) in [5.41, 5.74) is 0.884. The number of rotatable bonds is 5. The summed E-state index contributed by atoms with van der Waals surface area (Å²) in [6.07, 6.45) is 0. The van der Waals surface area contributed by atoms with Crippen LogP contribution in [0.2, 0.25) is 0 Å². The molecule has 1 aromatic heterocycles. The van der Waals surface area contributed by atoms with E-state index in [9.17, 15) is 4.79 Å². The second-order valence-electron chi connectivity index (χ2n) is 4.19. The van der Waals surface area contributed by atoms with Crippen LogP contribution in [0.1, 0.15) is 24.3 Å². The fourth-order valence-electron chi connectivity index (χ4n) is 1.45. The highest BCUT2D eigenvalue weighted by Crippen LogP contribution is 2.10. The number of aromatic nitrogens is 1. The van der Waals surface area contributed by atoms with Crippen molar-refractivity contribution in [3.63, 3.8) is 0 Å². The van der Waals surface area contributed by atoms with Crippen LogP contribution in [0.25, 0.3) is 0 Å². The zero-order valence-electron chi connectivity index (χ0n) is 10.1. The fourth-order valence-corrected chi connectivity index (χ4v) is 1.45. The Kier molecular flexibility index (Phi) is 4.06. The molecule has 5 nitrogen and oxygen atoms in total. The fraction of sp³-hybridized carbons (Fsp3) is 0.636. The van der Waals surface area contributed by atoms with E-state index in [0.717, 1.165) is 11.5 Å². The Morgan fingerprint density at radius 1 is 1.56 bits per heavy atom. The maximum absolute atomic E-state index is 10.7. The minimum atomic E-state index is -0.786. The Bertz CT molecular complexity index is 354. The normalized spacial score (nSPS) is 13.1. The van der Waals surface area contributed by atoms with Crippen LogP contribution < -0.4 is 0 Å². The highest BCUT2D eigenvalue weighted by Gasteiger charge is 2.15. The van der Waals surface area contributed by atoms with E-state index in [1.165, 1.54) is 0 Å². The first kappa shape index (κ1) is 12.7. The molecule has 0 spiro atoms. The monoisotopic (exact) mass is 226 g/mol. The van der Waals surface area contributed by atoms with Crippen LogP contribution >= 0.6 is 0 Å². The molecule has 0 saturated heterocycles. The Morgan fingerprint density at radius 3 is 2.62 bits per heavy atom. The van der Waals surface area contributed by atoms with E-state index in [0.29, 0.717) is 19.0 Å². The van der Waals surface area contributed by atoms with Gasteiger partial charge in [0, 0.05) is 6.54 Å². The van der Waals surface area contributed by atoms with Crippen LogP contribution in [0.15, 0.2) is 4.42 Å². The van der Waals surface area contributed by atoms with Crippen molar-refractivity contribution in [3.8, 4) is 0 Å². The molecule has 0 bridgehead atoms. The van der Waals surface area contributed by atoms with E-state index in [2.05, 4.69) is 4.98 Å². The average molecular weight is 226 g/mol. The molecule has 1 aromatic rings. The van der Waals surface area contributed by atoms with Gasteiger partial charge in [0.15, 0.2) is 0 Å². The SMILES string of the molecule is Cc1nc(CN(C)CC(C)C(=O)O)oc1C. The second kappa shape index (κ2) is 5.12. The first-order valence-electron chi connectivity index (χ1n) is 5.24. The van der Waals surface area contributed by atoms with Gasteiger partial charge in [-0.25, -0.2) is 4.98 Å². The molecule has 0 aliphatic rings. The van der Waals surface area contributed by atoms with Gasteiger partial charge in [-0.3, -0.25) is 9.69 Å². The van der Waals surface area contributed by atoms with Gasteiger partial charge in [0.25, 0.3) is 0 Å². The molecule has 0 amide bonds. The third-order valence-corrected chi connectivity index (χ3v) is 2.49. The summed E-state index contributed by atoms with van der Waals surface area (Å²) in [7, 11) is 1.86. The quantitative estimate of drug-likeness (QED) is 0.823. The third-order valence-electron chi connectivity index (χ3n) is 2.49. The number of oxazole rings is 1. The van der Waals surface area contributed by atoms with Crippen LogP contribution in [0.5, 0.6) is 0 Å². The van der Waals surface area contributed by atoms with Gasteiger partial charge in [0.05, 0.1) is 18.2 Å². The first-order valence-corrected chi connectivity index (χ1v) is 5.24. The smallest absolute Gasteiger partial charge is 0.307 e. The lowest BCUT2D eigenvalue weighted by atomic mass is 10.2. The van der Waals surface area contributed by atoms with Crippen molar-refractivity contribution in [1.82, 2.24) is 9.88 Å². The van der Waals surface area contributed by atoms with Gasteiger partial charge in [-0.15, -0.1) is 0 Å². The van der Waals surface area contributed by atoms with Crippen molar-refractivity contribution in [1.29, 1.82) is 0 Å². The van der Waals surface area contributed by atoms with E-state index in [1.54, 1.807) is 6.92 Å². The van der Waals surface area contributed by atoms with Crippen molar-refractivity contribution in [2.24, 2.45) is 5.92 Å². The molecular weight excluding hydrogens is 208 g/mol. The van der Waals surface area contributed by atoms with Gasteiger partial charge in [0.2, 0.25) is 5.89 Å². The number of nitrogens with zero attached hydrogens (tertiary/aromatic N) is 2. The van der Waals surface area contributed by atoms with Gasteiger partial charge in [-0.2, -0.15) is 0 Å². The molecule has 1 unspecified atom stereocenters. The maximum Gasteiger partial charge on any atom is 0.307 e. The molecule has 0 aromatic carbocycles. The minimum absolute atomic E-state index is 0.387. The zero-order chi connectivity index (χ0) is 12.3. The van der Waals surface area contributed by atoms with Gasteiger partial charge in [-0.1, -0.05) is 6.92 Å². The van der Waals surface area contributed by atoms with Gasteiger partial charge >= 0.3 is 5.97 Å². The van der Waals surface area contributed by atoms with Gasteiger partial charge < -0.3 is 9.52 Å². The summed E-state index contributed by atoms with van der Waals surface area (Å²) in [5, 5.41) is 8.78. The third kappa shape index (κ3) is 3.34. The standard InChI is InChI=1S/C11H18N2O3/c1-7(11(14)15)5-13(4)6-10-12-8(2)9(3)16-10/h7H,5-6H2,1-4H3,(H,14,15). The van der Waals surface area contributed by atoms with Crippen molar-refractivity contribution in [3.05, 3.63) is 17.3 Å². The lowest BCUT2D eigenvalue weighted by molar-refractivity contribution is -0.141. The largest absolute Gasteiger partial charge is 0.481 e. The lowest BCUT2D eigenvalue weighted by Crippen LogP contribution is -2.28. The molecule has 1 atom stereocenters. The first-order chi connectivity index (χ1) is 7.40. The zero-order valence-corrected chi connectivity index (χ0v) is 10.1. The van der Waals surface area contributed by atoms with E-state index >= 15 is 0 Å². The summed E-state index contributed by atoms with van der Waals surface area (Å²) in [6.45, 7) is 6.46. The van der Waals surface area contributed by atoms with E-state index < -0.39 is 5.97 Å². The summed E-state index contributed by atoms with van der Waals surface area (Å²) < 4.78 is 5.43. The number of aryl methyl sites for hydroxylation is 2. The van der Waals surface area contributed by atoms with Crippen LogP contribution in [0.3, 0.4) is 0 Å². The van der Waals surface area contributed by atoms with Crippen LogP contribution in [-0.4, -0.2) is 34.6 Å². The van der Waals surface area contributed by atoms with E-state index in [1.807, 2.05) is 25.8 Å². The summed E-state index contributed by atoms with van der Waals surface area (Å²) in [5.74, 6) is 0.276. The van der Waals surface area contributed by atoms with Crippen LogP contribution in [0, 0.1) is 19.8 Å². The van der Waals surface area contributed by atoms with Crippen molar-refractivity contribution >= 4 is 5.97 Å². The molecule has 0 saturated carbocycles.